The first-order chi connectivity index (χ1) is 9.42. The molecule has 1 aromatic heterocycles. The fraction of sp³-hybridized carbons (Fsp3) is 0.643. The van der Waals surface area contributed by atoms with Gasteiger partial charge < -0.3 is 10.1 Å². The molecule has 0 saturated heterocycles. The lowest BCUT2D eigenvalue weighted by Crippen LogP contribution is -2.15. The van der Waals surface area contributed by atoms with Crippen molar-refractivity contribution < 1.29 is 9.66 Å². The number of ether oxygens (including phenoxy) is 1. The summed E-state index contributed by atoms with van der Waals surface area (Å²) in [5, 5.41) is 14.0. The minimum atomic E-state index is -0.432. The minimum Gasteiger partial charge on any atom is -0.474 e. The molecule has 0 fully saturated rings. The van der Waals surface area contributed by atoms with Crippen LogP contribution in [0.15, 0.2) is 12.1 Å². The first-order valence-electron chi connectivity index (χ1n) is 6.99. The molecule has 0 aliphatic rings. The zero-order chi connectivity index (χ0) is 15.1. The highest BCUT2D eigenvalue weighted by Gasteiger charge is 2.14. The summed E-state index contributed by atoms with van der Waals surface area (Å²) in [7, 11) is 0. The molecule has 0 spiro atoms. The van der Waals surface area contributed by atoms with Crippen LogP contribution in [0.1, 0.15) is 40.5 Å². The molecule has 6 nitrogen and oxygen atoms in total. The van der Waals surface area contributed by atoms with Crippen LogP contribution in [0.25, 0.3) is 0 Å². The van der Waals surface area contributed by atoms with Gasteiger partial charge in [-0.3, -0.25) is 10.1 Å². The highest BCUT2D eigenvalue weighted by atomic mass is 16.6. The maximum absolute atomic E-state index is 10.9. The fourth-order valence-electron chi connectivity index (χ4n) is 1.92. The lowest BCUT2D eigenvalue weighted by molar-refractivity contribution is -0.384. The van der Waals surface area contributed by atoms with Crippen molar-refractivity contribution in [3.05, 3.63) is 22.2 Å². The van der Waals surface area contributed by atoms with Crippen molar-refractivity contribution in [1.29, 1.82) is 0 Å². The van der Waals surface area contributed by atoms with Crippen molar-refractivity contribution in [3.63, 3.8) is 0 Å². The lowest BCUT2D eigenvalue weighted by Gasteiger charge is -2.16. The van der Waals surface area contributed by atoms with Gasteiger partial charge >= 0.3 is 0 Å². The second kappa shape index (κ2) is 7.67. The van der Waals surface area contributed by atoms with Crippen LogP contribution in [0, 0.1) is 16.0 Å². The first-order valence-corrected chi connectivity index (χ1v) is 6.99. The highest BCUT2D eigenvalue weighted by Crippen LogP contribution is 2.23. The van der Waals surface area contributed by atoms with Crippen LogP contribution in [-0.4, -0.2) is 22.6 Å². The van der Waals surface area contributed by atoms with Crippen LogP contribution in [0.5, 0.6) is 5.88 Å². The molecule has 0 radical (unpaired) electrons. The van der Waals surface area contributed by atoms with Crippen LogP contribution >= 0.6 is 0 Å². The molecule has 0 aliphatic heterocycles. The lowest BCUT2D eigenvalue weighted by atomic mass is 10.1. The molecule has 1 aromatic rings. The van der Waals surface area contributed by atoms with Crippen LogP contribution < -0.4 is 10.1 Å². The average Bonchev–Trinajstić information content (AvgIpc) is 2.34. The van der Waals surface area contributed by atoms with Crippen LogP contribution in [-0.2, 0) is 0 Å². The quantitative estimate of drug-likeness (QED) is 0.581. The average molecular weight is 281 g/mol. The van der Waals surface area contributed by atoms with Gasteiger partial charge in [0.05, 0.1) is 23.2 Å². The Bertz CT molecular complexity index is 449. The van der Waals surface area contributed by atoms with E-state index in [1.165, 1.54) is 12.1 Å². The van der Waals surface area contributed by atoms with Crippen LogP contribution in [0.4, 0.5) is 11.5 Å². The van der Waals surface area contributed by atoms with Gasteiger partial charge in [0.1, 0.15) is 5.82 Å². The largest absolute Gasteiger partial charge is 0.474 e. The number of hydrogen-bond donors (Lipinski definition) is 1. The normalized spacial score (nSPS) is 12.2. The summed E-state index contributed by atoms with van der Waals surface area (Å²) in [6.07, 6.45) is 1.77. The Morgan fingerprint density at radius 2 is 2.10 bits per heavy atom. The Labute approximate surface area is 119 Å². The second-order valence-electron chi connectivity index (χ2n) is 5.29. The zero-order valence-electron chi connectivity index (χ0n) is 12.5. The van der Waals surface area contributed by atoms with Gasteiger partial charge in [0, 0.05) is 6.54 Å². The number of nitrogens with zero attached hydrogens (tertiary/aromatic N) is 2. The number of pyridine rings is 1. The van der Waals surface area contributed by atoms with E-state index in [1.54, 1.807) is 0 Å². The van der Waals surface area contributed by atoms with E-state index in [0.29, 0.717) is 17.6 Å². The highest BCUT2D eigenvalue weighted by molar-refractivity contribution is 5.48. The number of rotatable bonds is 8. The molecule has 20 heavy (non-hydrogen) atoms. The molecule has 0 amide bonds. The number of nitro groups is 1. The van der Waals surface area contributed by atoms with E-state index in [0.717, 1.165) is 19.4 Å². The monoisotopic (exact) mass is 281 g/mol. The molecule has 1 rings (SSSR count). The third kappa shape index (κ3) is 5.42. The predicted octanol–water partition coefficient (Wildman–Crippen LogP) is 3.63. The maximum Gasteiger partial charge on any atom is 0.278 e. The van der Waals surface area contributed by atoms with Gasteiger partial charge in [-0.2, -0.15) is 4.98 Å². The van der Waals surface area contributed by atoms with Crippen molar-refractivity contribution in [2.45, 2.75) is 46.6 Å². The first kappa shape index (κ1) is 16.2. The Hall–Kier alpha value is -1.85. The van der Waals surface area contributed by atoms with E-state index in [2.05, 4.69) is 24.1 Å². The number of hydrogen-bond acceptors (Lipinski definition) is 5. The summed E-state index contributed by atoms with van der Waals surface area (Å²) in [6.45, 7) is 8.89. The SMILES string of the molecule is CCCNc1cc([N+](=O)[O-])cc(OC(C)CC(C)C)n1. The van der Waals surface area contributed by atoms with Gasteiger partial charge in [-0.05, 0) is 25.7 Å². The van der Waals surface area contributed by atoms with Gasteiger partial charge in [-0.25, -0.2) is 0 Å². The van der Waals surface area contributed by atoms with E-state index in [9.17, 15) is 10.1 Å². The summed E-state index contributed by atoms with van der Waals surface area (Å²) in [6, 6.07) is 2.80. The number of aromatic nitrogens is 1. The standard InChI is InChI=1S/C14H23N3O3/c1-5-6-15-13-8-12(17(18)19)9-14(16-13)20-11(4)7-10(2)3/h8-11H,5-7H2,1-4H3,(H,15,16). The summed E-state index contributed by atoms with van der Waals surface area (Å²) < 4.78 is 5.68. The zero-order valence-corrected chi connectivity index (χ0v) is 12.5. The van der Waals surface area contributed by atoms with Gasteiger partial charge in [0.2, 0.25) is 5.88 Å². The van der Waals surface area contributed by atoms with Crippen LogP contribution in [0.2, 0.25) is 0 Å². The van der Waals surface area contributed by atoms with Gasteiger partial charge in [0.25, 0.3) is 5.69 Å². The Kier molecular flexibility index (Phi) is 6.21. The summed E-state index contributed by atoms with van der Waals surface area (Å²) in [5.41, 5.74) is -0.00894. The molecule has 1 heterocycles. The maximum atomic E-state index is 10.9. The molecule has 0 aromatic carbocycles. The van der Waals surface area contributed by atoms with E-state index < -0.39 is 4.92 Å². The Morgan fingerprint density at radius 3 is 2.65 bits per heavy atom. The molecular formula is C14H23N3O3. The fourth-order valence-corrected chi connectivity index (χ4v) is 1.92. The van der Waals surface area contributed by atoms with Crippen molar-refractivity contribution in [2.24, 2.45) is 5.92 Å². The third-order valence-electron chi connectivity index (χ3n) is 2.68. The molecule has 112 valence electrons. The molecule has 1 atom stereocenters. The molecule has 0 aliphatic carbocycles. The number of anilines is 1. The molecule has 1 unspecified atom stereocenters. The van der Waals surface area contributed by atoms with Crippen molar-refractivity contribution in [3.8, 4) is 5.88 Å². The minimum absolute atomic E-state index is 0.00894. The topological polar surface area (TPSA) is 77.3 Å². The van der Waals surface area contributed by atoms with Gasteiger partial charge in [0.15, 0.2) is 0 Å². The Balaban J connectivity index is 2.87. The van der Waals surface area contributed by atoms with E-state index in [4.69, 9.17) is 4.74 Å². The molecule has 1 N–H and O–H groups in total. The van der Waals surface area contributed by atoms with Crippen molar-refractivity contribution >= 4 is 11.5 Å². The second-order valence-corrected chi connectivity index (χ2v) is 5.29. The van der Waals surface area contributed by atoms with Crippen molar-refractivity contribution in [2.75, 3.05) is 11.9 Å². The molecule has 0 saturated carbocycles. The third-order valence-corrected chi connectivity index (χ3v) is 2.68. The van der Waals surface area contributed by atoms with Gasteiger partial charge in [-0.15, -0.1) is 0 Å². The predicted molar refractivity (Wildman–Crippen MR) is 79.2 cm³/mol. The number of nitrogens with one attached hydrogen (secondary N) is 1. The summed E-state index contributed by atoms with van der Waals surface area (Å²) in [5.74, 6) is 1.28. The van der Waals surface area contributed by atoms with E-state index in [1.807, 2.05) is 13.8 Å². The molecule has 0 bridgehead atoms. The van der Waals surface area contributed by atoms with Crippen LogP contribution in [0.3, 0.4) is 0 Å². The Morgan fingerprint density at radius 1 is 1.40 bits per heavy atom. The summed E-state index contributed by atoms with van der Waals surface area (Å²) >= 11 is 0. The van der Waals surface area contributed by atoms with Gasteiger partial charge in [-0.1, -0.05) is 20.8 Å². The van der Waals surface area contributed by atoms with E-state index >= 15 is 0 Å². The van der Waals surface area contributed by atoms with E-state index in [-0.39, 0.29) is 11.8 Å². The smallest absolute Gasteiger partial charge is 0.278 e. The molecule has 6 heteroatoms. The van der Waals surface area contributed by atoms with Crippen molar-refractivity contribution in [1.82, 2.24) is 4.98 Å². The molecular weight excluding hydrogens is 258 g/mol. The summed E-state index contributed by atoms with van der Waals surface area (Å²) in [4.78, 5) is 14.8.